The van der Waals surface area contributed by atoms with Gasteiger partial charge in [-0.1, -0.05) is 18.0 Å². The van der Waals surface area contributed by atoms with E-state index >= 15 is 0 Å². The highest BCUT2D eigenvalue weighted by atomic mass is 79.9. The molecule has 4 nitrogen and oxygen atoms in total. The maximum absolute atomic E-state index is 8.75. The molecule has 3 N–H and O–H groups in total. The first-order chi connectivity index (χ1) is 10.1. The van der Waals surface area contributed by atoms with Crippen LogP contribution in [-0.4, -0.2) is 24.1 Å². The van der Waals surface area contributed by atoms with Gasteiger partial charge in [-0.05, 0) is 65.2 Å². The second-order valence-electron chi connectivity index (χ2n) is 6.35. The van der Waals surface area contributed by atoms with Gasteiger partial charge in [-0.3, -0.25) is 0 Å². The van der Waals surface area contributed by atoms with Gasteiger partial charge in [0.25, 0.3) is 0 Å². The number of nitrogens with zero attached hydrogens (tertiary/aromatic N) is 2. The summed E-state index contributed by atoms with van der Waals surface area (Å²) in [5, 5.41) is 11.8. The smallest absolute Gasteiger partial charge is 0.170 e. The van der Waals surface area contributed by atoms with Crippen LogP contribution in [0.2, 0.25) is 0 Å². The van der Waals surface area contributed by atoms with E-state index in [9.17, 15) is 0 Å². The second-order valence-corrected chi connectivity index (χ2v) is 7.20. The highest BCUT2D eigenvalue weighted by Gasteiger charge is 2.37. The Morgan fingerprint density at radius 3 is 2.43 bits per heavy atom. The van der Waals surface area contributed by atoms with Crippen molar-refractivity contribution in [2.24, 2.45) is 16.3 Å². The van der Waals surface area contributed by atoms with E-state index in [1.165, 1.54) is 44.2 Å². The van der Waals surface area contributed by atoms with E-state index in [-0.39, 0.29) is 5.84 Å². The lowest BCUT2D eigenvalue weighted by Gasteiger charge is -2.40. The van der Waals surface area contributed by atoms with Crippen LogP contribution in [0, 0.1) is 5.41 Å². The number of benzene rings is 1. The van der Waals surface area contributed by atoms with E-state index in [1.807, 2.05) is 12.1 Å². The van der Waals surface area contributed by atoms with Gasteiger partial charge in [0.2, 0.25) is 0 Å². The Hall–Kier alpha value is -1.23. The van der Waals surface area contributed by atoms with Gasteiger partial charge in [-0.2, -0.15) is 0 Å². The molecule has 3 rings (SSSR count). The Kier molecular flexibility index (Phi) is 4.11. The molecule has 1 aliphatic heterocycles. The molecule has 5 heteroatoms. The molecule has 1 aromatic carbocycles. The van der Waals surface area contributed by atoms with Crippen LogP contribution in [0.3, 0.4) is 0 Å². The summed E-state index contributed by atoms with van der Waals surface area (Å²) in [6.45, 7) is 2.25. The molecule has 1 aliphatic carbocycles. The summed E-state index contributed by atoms with van der Waals surface area (Å²) in [7, 11) is 0. The first kappa shape index (κ1) is 14.7. The predicted octanol–water partition coefficient (Wildman–Crippen LogP) is 3.70. The minimum atomic E-state index is 0.144. The lowest BCUT2D eigenvalue weighted by Crippen LogP contribution is -2.39. The Morgan fingerprint density at radius 2 is 1.86 bits per heavy atom. The maximum Gasteiger partial charge on any atom is 0.170 e. The predicted molar refractivity (Wildman–Crippen MR) is 89.0 cm³/mol. The van der Waals surface area contributed by atoms with E-state index in [4.69, 9.17) is 10.9 Å². The van der Waals surface area contributed by atoms with Crippen LogP contribution in [0.15, 0.2) is 27.8 Å². The molecule has 1 heterocycles. The van der Waals surface area contributed by atoms with Gasteiger partial charge in [0, 0.05) is 23.1 Å². The highest BCUT2D eigenvalue weighted by Crippen LogP contribution is 2.47. The number of nitrogens with two attached hydrogens (primary N) is 1. The quantitative estimate of drug-likeness (QED) is 0.369. The fourth-order valence-corrected chi connectivity index (χ4v) is 4.46. The largest absolute Gasteiger partial charge is 0.409 e. The lowest BCUT2D eigenvalue weighted by molar-refractivity contribution is 0.226. The second kappa shape index (κ2) is 5.87. The van der Waals surface area contributed by atoms with E-state index in [1.54, 1.807) is 0 Å². The van der Waals surface area contributed by atoms with Crippen molar-refractivity contribution in [1.29, 1.82) is 0 Å². The minimum absolute atomic E-state index is 0.144. The number of hydrogen-bond donors (Lipinski definition) is 2. The average Bonchev–Trinajstić information content (AvgIpc) is 2.96. The van der Waals surface area contributed by atoms with E-state index in [0.717, 1.165) is 23.1 Å². The molecule has 0 aromatic heterocycles. The third-order valence-electron chi connectivity index (χ3n) is 5.18. The van der Waals surface area contributed by atoms with Crippen LogP contribution in [0.4, 0.5) is 5.69 Å². The standard InChI is InChI=1S/C16H22BrN3O/c17-13-11-12(15(18)19-21)3-4-14(13)20-9-7-16(8-10-20)5-1-2-6-16/h3-4,11,21H,1-2,5-10H2,(H2,18,19). The molecule has 0 bridgehead atoms. The zero-order chi connectivity index (χ0) is 14.9. The summed E-state index contributed by atoms with van der Waals surface area (Å²) in [4.78, 5) is 2.45. The Bertz CT molecular complexity index is 542. The SMILES string of the molecule is N/C(=N/O)c1ccc(N2CCC3(CCCC3)CC2)c(Br)c1. The monoisotopic (exact) mass is 351 g/mol. The van der Waals surface area contributed by atoms with Crippen molar-refractivity contribution >= 4 is 27.5 Å². The van der Waals surface area contributed by atoms with Crippen LogP contribution in [-0.2, 0) is 0 Å². The van der Waals surface area contributed by atoms with E-state index in [0.29, 0.717) is 5.41 Å². The van der Waals surface area contributed by atoms with Gasteiger partial charge in [0.1, 0.15) is 0 Å². The molecule has 1 aromatic rings. The minimum Gasteiger partial charge on any atom is -0.409 e. The van der Waals surface area contributed by atoms with Gasteiger partial charge in [0.15, 0.2) is 5.84 Å². The number of hydrogen-bond acceptors (Lipinski definition) is 3. The Labute approximate surface area is 134 Å². The summed E-state index contributed by atoms with van der Waals surface area (Å²) >= 11 is 3.62. The van der Waals surface area contributed by atoms with Gasteiger partial charge >= 0.3 is 0 Å². The van der Waals surface area contributed by atoms with E-state index in [2.05, 4.69) is 32.1 Å². The van der Waals surface area contributed by atoms with Gasteiger partial charge in [-0.15, -0.1) is 0 Å². The van der Waals surface area contributed by atoms with Crippen molar-refractivity contribution in [2.45, 2.75) is 38.5 Å². The van der Waals surface area contributed by atoms with Crippen LogP contribution in [0.25, 0.3) is 0 Å². The highest BCUT2D eigenvalue weighted by molar-refractivity contribution is 9.10. The lowest BCUT2D eigenvalue weighted by atomic mass is 9.77. The molecular weight excluding hydrogens is 330 g/mol. The zero-order valence-corrected chi connectivity index (χ0v) is 13.8. The first-order valence-corrected chi connectivity index (χ1v) is 8.45. The van der Waals surface area contributed by atoms with Gasteiger partial charge < -0.3 is 15.8 Å². The normalized spacial score (nSPS) is 22.0. The van der Waals surface area contributed by atoms with Crippen molar-refractivity contribution in [1.82, 2.24) is 0 Å². The molecule has 2 aliphatic rings. The molecule has 21 heavy (non-hydrogen) atoms. The average molecular weight is 352 g/mol. The van der Waals surface area contributed by atoms with Gasteiger partial charge in [0.05, 0.1) is 5.69 Å². The van der Waals surface area contributed by atoms with Crippen molar-refractivity contribution in [2.75, 3.05) is 18.0 Å². The van der Waals surface area contributed by atoms with E-state index < -0.39 is 0 Å². The maximum atomic E-state index is 8.75. The fraction of sp³-hybridized carbons (Fsp3) is 0.562. The molecule has 0 atom stereocenters. The number of rotatable bonds is 2. The molecule has 1 saturated heterocycles. The van der Waals surface area contributed by atoms with Crippen molar-refractivity contribution < 1.29 is 5.21 Å². The molecular formula is C16H22BrN3O. The number of piperidine rings is 1. The Balaban J connectivity index is 1.73. The molecule has 0 amide bonds. The number of halogens is 1. The number of amidine groups is 1. The topological polar surface area (TPSA) is 61.9 Å². The zero-order valence-electron chi connectivity index (χ0n) is 12.2. The molecule has 0 unspecified atom stereocenters. The molecule has 0 radical (unpaired) electrons. The first-order valence-electron chi connectivity index (χ1n) is 7.66. The summed E-state index contributed by atoms with van der Waals surface area (Å²) in [5.41, 5.74) is 8.21. The summed E-state index contributed by atoms with van der Waals surface area (Å²) < 4.78 is 1.01. The number of oxime groups is 1. The van der Waals surface area contributed by atoms with Crippen molar-refractivity contribution in [3.63, 3.8) is 0 Å². The summed E-state index contributed by atoms with van der Waals surface area (Å²) in [6, 6.07) is 5.89. The van der Waals surface area contributed by atoms with Crippen LogP contribution < -0.4 is 10.6 Å². The molecule has 1 saturated carbocycles. The van der Waals surface area contributed by atoms with Crippen molar-refractivity contribution in [3.05, 3.63) is 28.2 Å². The van der Waals surface area contributed by atoms with Gasteiger partial charge in [-0.25, -0.2) is 0 Å². The van der Waals surface area contributed by atoms with Crippen LogP contribution in [0.5, 0.6) is 0 Å². The third-order valence-corrected chi connectivity index (χ3v) is 5.82. The fourth-order valence-electron chi connectivity index (χ4n) is 3.83. The molecule has 1 spiro atoms. The molecule has 2 fully saturated rings. The van der Waals surface area contributed by atoms with Crippen LogP contribution in [0.1, 0.15) is 44.1 Å². The summed E-state index contributed by atoms with van der Waals surface area (Å²) in [5.74, 6) is 0.144. The van der Waals surface area contributed by atoms with Crippen molar-refractivity contribution in [3.8, 4) is 0 Å². The third kappa shape index (κ3) is 2.89. The number of anilines is 1. The molecule has 114 valence electrons. The van der Waals surface area contributed by atoms with Crippen LogP contribution >= 0.6 is 15.9 Å². The summed E-state index contributed by atoms with van der Waals surface area (Å²) in [6.07, 6.45) is 8.29. The Morgan fingerprint density at radius 1 is 1.19 bits per heavy atom.